The molecule has 2 fully saturated rings. The molecular formula is C24H31N3O5S. The lowest BCUT2D eigenvalue weighted by molar-refractivity contribution is -0.176. The van der Waals surface area contributed by atoms with Gasteiger partial charge in [-0.25, -0.2) is 8.42 Å². The van der Waals surface area contributed by atoms with Crippen molar-refractivity contribution >= 4 is 15.7 Å². The van der Waals surface area contributed by atoms with Gasteiger partial charge in [-0.3, -0.25) is 4.90 Å². The van der Waals surface area contributed by atoms with Crippen LogP contribution in [0.5, 0.6) is 5.75 Å². The Balaban J connectivity index is 1.18. The summed E-state index contributed by atoms with van der Waals surface area (Å²) in [7, 11) is -1.88. The third kappa shape index (κ3) is 4.36. The molecule has 0 amide bonds. The second-order valence-corrected chi connectivity index (χ2v) is 10.6. The van der Waals surface area contributed by atoms with E-state index in [1.54, 1.807) is 25.3 Å². The Hall–Kier alpha value is -2.17. The highest BCUT2D eigenvalue weighted by molar-refractivity contribution is 7.89. The van der Waals surface area contributed by atoms with Gasteiger partial charge in [-0.15, -0.1) is 0 Å². The molecule has 178 valence electrons. The third-order valence-corrected chi connectivity index (χ3v) is 8.63. The fourth-order valence-corrected chi connectivity index (χ4v) is 6.70. The zero-order chi connectivity index (χ0) is 22.9. The summed E-state index contributed by atoms with van der Waals surface area (Å²) in [6, 6.07) is 15.2. The van der Waals surface area contributed by atoms with Crippen molar-refractivity contribution in [1.29, 1.82) is 0 Å². The molecular weight excluding hydrogens is 442 g/mol. The largest absolute Gasteiger partial charge is 0.497 e. The van der Waals surface area contributed by atoms with Crippen LogP contribution in [0, 0.1) is 0 Å². The lowest BCUT2D eigenvalue weighted by Crippen LogP contribution is -2.51. The molecule has 1 spiro atoms. The molecule has 5 rings (SSSR count). The number of ether oxygens (including phenoxy) is 3. The van der Waals surface area contributed by atoms with E-state index < -0.39 is 15.8 Å². The van der Waals surface area contributed by atoms with Crippen LogP contribution in [0.25, 0.3) is 0 Å². The molecule has 0 aromatic heterocycles. The molecule has 2 aromatic carbocycles. The van der Waals surface area contributed by atoms with Gasteiger partial charge in [0.15, 0.2) is 0 Å². The van der Waals surface area contributed by atoms with Crippen LogP contribution in [0.3, 0.4) is 0 Å². The predicted octanol–water partition coefficient (Wildman–Crippen LogP) is 2.11. The van der Waals surface area contributed by atoms with Crippen molar-refractivity contribution in [3.05, 3.63) is 54.1 Å². The first kappa shape index (κ1) is 22.6. The van der Waals surface area contributed by atoms with Crippen molar-refractivity contribution in [2.24, 2.45) is 0 Å². The lowest BCUT2D eigenvalue weighted by Gasteiger charge is -2.40. The average Bonchev–Trinajstić information content (AvgIpc) is 3.32. The van der Waals surface area contributed by atoms with Gasteiger partial charge in [0.05, 0.1) is 31.8 Å². The van der Waals surface area contributed by atoms with Gasteiger partial charge in [-0.2, -0.15) is 4.31 Å². The van der Waals surface area contributed by atoms with Gasteiger partial charge in [-0.1, -0.05) is 24.3 Å². The summed E-state index contributed by atoms with van der Waals surface area (Å²) in [6.07, 6.45) is 0.761. The maximum atomic E-state index is 13.3. The summed E-state index contributed by atoms with van der Waals surface area (Å²) in [4.78, 5) is 5.06. The second-order valence-electron chi connectivity index (χ2n) is 8.67. The van der Waals surface area contributed by atoms with Crippen molar-refractivity contribution in [3.8, 4) is 5.75 Å². The minimum absolute atomic E-state index is 0.204. The molecule has 8 nitrogen and oxygen atoms in total. The lowest BCUT2D eigenvalue weighted by atomic mass is 10.1. The summed E-state index contributed by atoms with van der Waals surface area (Å²) in [6.45, 7) is 6.22. The normalized spacial score (nSPS) is 22.4. The van der Waals surface area contributed by atoms with Gasteiger partial charge < -0.3 is 19.1 Å². The maximum Gasteiger partial charge on any atom is 0.243 e. The highest BCUT2D eigenvalue weighted by atomic mass is 32.2. The summed E-state index contributed by atoms with van der Waals surface area (Å²) >= 11 is 0. The van der Waals surface area contributed by atoms with Gasteiger partial charge in [-0.05, 0) is 31.2 Å². The number of piperazine rings is 1. The van der Waals surface area contributed by atoms with E-state index >= 15 is 0 Å². The number of rotatable bonds is 6. The monoisotopic (exact) mass is 473 g/mol. The summed E-state index contributed by atoms with van der Waals surface area (Å²) in [5.74, 6) is -0.114. The molecule has 0 aliphatic carbocycles. The highest BCUT2D eigenvalue weighted by Crippen LogP contribution is 2.41. The van der Waals surface area contributed by atoms with Crippen molar-refractivity contribution in [1.82, 2.24) is 9.21 Å². The Morgan fingerprint density at radius 1 is 0.970 bits per heavy atom. The number of fused-ring (bicyclic) bond motifs is 2. The van der Waals surface area contributed by atoms with Gasteiger partial charge in [0, 0.05) is 50.0 Å². The van der Waals surface area contributed by atoms with Crippen molar-refractivity contribution in [2.75, 3.05) is 71.0 Å². The van der Waals surface area contributed by atoms with Gasteiger partial charge >= 0.3 is 0 Å². The van der Waals surface area contributed by atoms with Crippen LogP contribution in [-0.2, 0) is 25.3 Å². The minimum Gasteiger partial charge on any atom is -0.497 e. The van der Waals surface area contributed by atoms with Crippen LogP contribution in [0.1, 0.15) is 12.0 Å². The molecule has 3 heterocycles. The molecule has 0 bridgehead atoms. The van der Waals surface area contributed by atoms with E-state index in [1.807, 2.05) is 18.2 Å². The van der Waals surface area contributed by atoms with Crippen LogP contribution in [0.4, 0.5) is 5.69 Å². The summed E-state index contributed by atoms with van der Waals surface area (Å²) < 4.78 is 45.3. The second kappa shape index (κ2) is 9.23. The maximum absolute atomic E-state index is 13.3. The van der Waals surface area contributed by atoms with E-state index in [1.165, 1.54) is 9.99 Å². The Kier molecular flexibility index (Phi) is 6.32. The Morgan fingerprint density at radius 2 is 1.73 bits per heavy atom. The topological polar surface area (TPSA) is 71.6 Å². The third-order valence-electron chi connectivity index (χ3n) is 6.73. The first-order valence-electron chi connectivity index (χ1n) is 11.5. The number of methoxy groups -OCH3 is 1. The van der Waals surface area contributed by atoms with Crippen LogP contribution >= 0.6 is 0 Å². The van der Waals surface area contributed by atoms with Gasteiger partial charge in [0.1, 0.15) is 5.75 Å². The highest BCUT2D eigenvalue weighted by Gasteiger charge is 2.50. The number of sulfonamides is 1. The molecule has 2 aromatic rings. The Labute approximate surface area is 195 Å². The zero-order valence-corrected chi connectivity index (χ0v) is 19.8. The Morgan fingerprint density at radius 3 is 2.48 bits per heavy atom. The van der Waals surface area contributed by atoms with Crippen molar-refractivity contribution < 1.29 is 22.6 Å². The van der Waals surface area contributed by atoms with Crippen LogP contribution in [-0.4, -0.2) is 83.8 Å². The summed E-state index contributed by atoms with van der Waals surface area (Å²) in [5.41, 5.74) is 1.79. The fourth-order valence-electron chi connectivity index (χ4n) is 4.96. The first-order chi connectivity index (χ1) is 16.0. The van der Waals surface area contributed by atoms with E-state index in [2.05, 4.69) is 21.9 Å². The fraction of sp³-hybridized carbons (Fsp3) is 0.500. The molecule has 3 aliphatic rings. The molecule has 3 aliphatic heterocycles. The van der Waals surface area contributed by atoms with E-state index in [4.69, 9.17) is 14.2 Å². The van der Waals surface area contributed by atoms with E-state index in [9.17, 15) is 8.42 Å². The van der Waals surface area contributed by atoms with E-state index in [0.717, 1.165) is 44.9 Å². The number of hydrogen-bond acceptors (Lipinski definition) is 7. The van der Waals surface area contributed by atoms with E-state index in [0.29, 0.717) is 30.2 Å². The summed E-state index contributed by atoms with van der Waals surface area (Å²) in [5, 5.41) is 0. The average molecular weight is 474 g/mol. The van der Waals surface area contributed by atoms with Crippen molar-refractivity contribution in [3.63, 3.8) is 0 Å². The zero-order valence-electron chi connectivity index (χ0n) is 19.0. The minimum atomic E-state index is -3.57. The number of benzene rings is 2. The number of hydrogen-bond donors (Lipinski definition) is 0. The molecule has 33 heavy (non-hydrogen) atoms. The number of nitrogens with zero attached hydrogens (tertiary/aromatic N) is 3. The Bertz CT molecular complexity index is 1080. The predicted molar refractivity (Wildman–Crippen MR) is 125 cm³/mol. The van der Waals surface area contributed by atoms with E-state index in [-0.39, 0.29) is 6.54 Å². The first-order valence-corrected chi connectivity index (χ1v) is 12.9. The molecule has 0 saturated carbocycles. The molecule has 2 saturated heterocycles. The quantitative estimate of drug-likeness (QED) is 0.636. The molecule has 0 unspecified atom stereocenters. The van der Waals surface area contributed by atoms with Gasteiger partial charge in [0.2, 0.25) is 15.8 Å². The molecule has 0 atom stereocenters. The van der Waals surface area contributed by atoms with Crippen LogP contribution in [0.15, 0.2) is 53.4 Å². The van der Waals surface area contributed by atoms with Crippen LogP contribution in [0.2, 0.25) is 0 Å². The SMILES string of the molecule is COc1cccc(N2CCN(CCCN3CC4(OCCO4)c4ccccc4S3(=O)=O)CC2)c1. The standard InChI is InChI=1S/C24H31N3O5S/c1-30-21-7-4-6-20(18-21)26-14-12-25(13-15-26)10-5-11-27-19-24(31-16-17-32-24)22-8-2-3-9-23(22)33(27,28)29/h2-4,6-9,18H,5,10-17,19H2,1H3. The molecule has 0 N–H and O–H groups in total. The van der Waals surface area contributed by atoms with Crippen LogP contribution < -0.4 is 9.64 Å². The number of anilines is 1. The van der Waals surface area contributed by atoms with Gasteiger partial charge in [0.25, 0.3) is 0 Å². The molecule has 9 heteroatoms. The van der Waals surface area contributed by atoms with Crippen molar-refractivity contribution in [2.45, 2.75) is 17.1 Å². The smallest absolute Gasteiger partial charge is 0.243 e. The molecule has 0 radical (unpaired) electrons.